The van der Waals surface area contributed by atoms with Crippen LogP contribution in [0, 0.1) is 6.92 Å². The topological polar surface area (TPSA) is 105 Å². The maximum atomic E-state index is 12.3. The van der Waals surface area contributed by atoms with E-state index in [4.69, 9.17) is 4.52 Å². The summed E-state index contributed by atoms with van der Waals surface area (Å²) in [6.07, 6.45) is -4.77. The molecular formula is C21H16F3N5O4. The molecular weight excluding hydrogens is 443 g/mol. The normalized spacial score (nSPS) is 11.4. The third kappa shape index (κ3) is 5.17. The summed E-state index contributed by atoms with van der Waals surface area (Å²) in [6.45, 7) is 2.15. The number of aryl methyl sites for hydroxylation is 1. The lowest BCUT2D eigenvalue weighted by Crippen LogP contribution is -2.16. The molecule has 2 aromatic carbocycles. The highest BCUT2D eigenvalue weighted by molar-refractivity contribution is 5.89. The Bertz CT molecular complexity index is 1260. The van der Waals surface area contributed by atoms with E-state index in [9.17, 15) is 18.0 Å². The number of carbonyl (C=O) groups excluding carboxylic acids is 1. The fourth-order valence-corrected chi connectivity index (χ4v) is 2.93. The number of ether oxygens (including phenoxy) is 2. The summed E-state index contributed by atoms with van der Waals surface area (Å²) in [7, 11) is 1.32. The second-order valence-electron chi connectivity index (χ2n) is 6.82. The van der Waals surface area contributed by atoms with Crippen molar-refractivity contribution in [3.63, 3.8) is 0 Å². The molecule has 0 fully saturated rings. The van der Waals surface area contributed by atoms with Gasteiger partial charge in [0, 0.05) is 5.56 Å². The van der Waals surface area contributed by atoms with Crippen LogP contribution < -0.4 is 4.74 Å². The Balaban J connectivity index is 1.49. The van der Waals surface area contributed by atoms with Crippen LogP contribution in [-0.2, 0) is 11.3 Å². The summed E-state index contributed by atoms with van der Waals surface area (Å²) in [5, 5.41) is 8.23. The highest BCUT2D eigenvalue weighted by Crippen LogP contribution is 2.26. The van der Waals surface area contributed by atoms with Crippen molar-refractivity contribution >= 4 is 5.97 Å². The molecule has 12 heteroatoms. The maximum Gasteiger partial charge on any atom is 0.573 e. The Labute approximate surface area is 184 Å². The zero-order valence-electron chi connectivity index (χ0n) is 17.3. The monoisotopic (exact) mass is 459 g/mol. The van der Waals surface area contributed by atoms with E-state index in [1.165, 1.54) is 19.2 Å². The van der Waals surface area contributed by atoms with E-state index in [0.717, 1.165) is 17.7 Å². The SMILES string of the molecule is COC(=O)c1ccc(Cn2nc(-c3nc(-c4ccc(OC(F)(F)F)cc4)no3)nc2C)cc1. The van der Waals surface area contributed by atoms with Gasteiger partial charge in [0.25, 0.3) is 5.89 Å². The molecule has 0 saturated heterocycles. The molecule has 9 nitrogen and oxygen atoms in total. The number of hydrogen-bond acceptors (Lipinski definition) is 8. The summed E-state index contributed by atoms with van der Waals surface area (Å²) in [6, 6.07) is 11.9. The van der Waals surface area contributed by atoms with Gasteiger partial charge in [-0.15, -0.1) is 18.3 Å². The molecule has 0 unspecified atom stereocenters. The Morgan fingerprint density at radius 1 is 1.03 bits per heavy atom. The smallest absolute Gasteiger partial charge is 0.465 e. The number of nitrogens with zero attached hydrogens (tertiary/aromatic N) is 5. The molecule has 0 aliphatic carbocycles. The summed E-state index contributed by atoms with van der Waals surface area (Å²) in [5.41, 5.74) is 1.75. The highest BCUT2D eigenvalue weighted by atomic mass is 19.4. The third-order valence-corrected chi connectivity index (χ3v) is 4.53. The number of rotatable bonds is 6. The van der Waals surface area contributed by atoms with Crippen molar-refractivity contribution in [2.45, 2.75) is 19.8 Å². The molecule has 0 radical (unpaired) electrons. The lowest BCUT2D eigenvalue weighted by molar-refractivity contribution is -0.274. The minimum atomic E-state index is -4.77. The molecule has 0 saturated carbocycles. The summed E-state index contributed by atoms with van der Waals surface area (Å²) < 4.78 is 52.3. The molecule has 0 amide bonds. The number of hydrogen-bond donors (Lipinski definition) is 0. The third-order valence-electron chi connectivity index (χ3n) is 4.53. The second kappa shape index (κ2) is 8.73. The minimum absolute atomic E-state index is 0.0588. The number of halogens is 3. The number of carbonyl (C=O) groups is 1. The van der Waals surface area contributed by atoms with Crippen molar-refractivity contribution in [3.8, 4) is 28.9 Å². The van der Waals surface area contributed by atoms with Crippen LogP contribution in [0.2, 0.25) is 0 Å². The van der Waals surface area contributed by atoms with E-state index in [0.29, 0.717) is 23.5 Å². The molecule has 0 atom stereocenters. The van der Waals surface area contributed by atoms with Gasteiger partial charge in [-0.25, -0.2) is 14.5 Å². The molecule has 0 spiro atoms. The van der Waals surface area contributed by atoms with Crippen molar-refractivity contribution in [1.29, 1.82) is 0 Å². The van der Waals surface area contributed by atoms with E-state index in [2.05, 4.69) is 29.7 Å². The second-order valence-corrected chi connectivity index (χ2v) is 6.82. The molecule has 4 aromatic rings. The van der Waals surface area contributed by atoms with Crippen molar-refractivity contribution in [3.05, 3.63) is 65.5 Å². The molecule has 170 valence electrons. The average molecular weight is 459 g/mol. The van der Waals surface area contributed by atoms with Crippen molar-refractivity contribution in [2.75, 3.05) is 7.11 Å². The van der Waals surface area contributed by atoms with Crippen LogP contribution in [0.4, 0.5) is 13.2 Å². The van der Waals surface area contributed by atoms with E-state index in [1.807, 2.05) is 0 Å². The lowest BCUT2D eigenvalue weighted by Gasteiger charge is -2.08. The standard InChI is InChI=1S/C21H16F3N5O4/c1-12-25-18(27-29(12)11-13-3-5-15(6-4-13)20(30)31-2)19-26-17(28-33-19)14-7-9-16(10-8-14)32-21(22,23)24/h3-10H,11H2,1-2H3. The van der Waals surface area contributed by atoms with E-state index >= 15 is 0 Å². The molecule has 2 aromatic heterocycles. The van der Waals surface area contributed by atoms with Gasteiger partial charge in [-0.05, 0) is 48.9 Å². The molecule has 0 bridgehead atoms. The average Bonchev–Trinajstić information content (AvgIpc) is 3.40. The van der Waals surface area contributed by atoms with Crippen LogP contribution in [0.3, 0.4) is 0 Å². The van der Waals surface area contributed by atoms with Gasteiger partial charge >= 0.3 is 12.3 Å². The van der Waals surface area contributed by atoms with Gasteiger partial charge in [-0.1, -0.05) is 17.3 Å². The fraction of sp³-hybridized carbons (Fsp3) is 0.190. The summed E-state index contributed by atoms with van der Waals surface area (Å²) in [4.78, 5) is 20.1. The van der Waals surface area contributed by atoms with Gasteiger partial charge in [0.2, 0.25) is 11.6 Å². The lowest BCUT2D eigenvalue weighted by atomic mass is 10.1. The minimum Gasteiger partial charge on any atom is -0.465 e. The van der Waals surface area contributed by atoms with Crippen LogP contribution in [0.5, 0.6) is 5.75 Å². The molecule has 0 aliphatic rings. The van der Waals surface area contributed by atoms with Crippen LogP contribution in [0.1, 0.15) is 21.7 Å². The highest BCUT2D eigenvalue weighted by Gasteiger charge is 2.31. The van der Waals surface area contributed by atoms with Crippen LogP contribution in [-0.4, -0.2) is 44.3 Å². The van der Waals surface area contributed by atoms with Crippen molar-refractivity contribution in [1.82, 2.24) is 24.9 Å². The Morgan fingerprint density at radius 2 is 1.73 bits per heavy atom. The fourth-order valence-electron chi connectivity index (χ4n) is 2.93. The molecule has 33 heavy (non-hydrogen) atoms. The van der Waals surface area contributed by atoms with Gasteiger partial charge < -0.3 is 14.0 Å². The maximum absolute atomic E-state index is 12.3. The first-order valence-corrected chi connectivity index (χ1v) is 9.51. The number of benzene rings is 2. The van der Waals surface area contributed by atoms with Crippen LogP contribution >= 0.6 is 0 Å². The quantitative estimate of drug-likeness (QED) is 0.398. The molecule has 4 rings (SSSR count). The predicted molar refractivity (Wildman–Crippen MR) is 107 cm³/mol. The number of alkyl halides is 3. The summed E-state index contributed by atoms with van der Waals surface area (Å²) in [5.74, 6) is 0.241. The zero-order valence-corrected chi connectivity index (χ0v) is 17.3. The van der Waals surface area contributed by atoms with E-state index in [-0.39, 0.29) is 23.3 Å². The number of methoxy groups -OCH3 is 1. The number of esters is 1. The Morgan fingerprint density at radius 3 is 2.36 bits per heavy atom. The molecule has 0 N–H and O–H groups in total. The Hall–Kier alpha value is -4.22. The van der Waals surface area contributed by atoms with Gasteiger partial charge in [0.05, 0.1) is 19.2 Å². The molecule has 2 heterocycles. The first-order valence-electron chi connectivity index (χ1n) is 9.51. The largest absolute Gasteiger partial charge is 0.573 e. The van der Waals surface area contributed by atoms with Crippen LogP contribution in [0.15, 0.2) is 53.1 Å². The van der Waals surface area contributed by atoms with Gasteiger partial charge in [0.1, 0.15) is 11.6 Å². The Kier molecular flexibility index (Phi) is 5.82. The van der Waals surface area contributed by atoms with Gasteiger partial charge in [-0.2, -0.15) is 4.98 Å². The molecule has 0 aliphatic heterocycles. The zero-order chi connectivity index (χ0) is 23.6. The van der Waals surface area contributed by atoms with Crippen LogP contribution in [0.25, 0.3) is 23.1 Å². The first kappa shape index (κ1) is 22.0. The number of aromatic nitrogens is 5. The van der Waals surface area contributed by atoms with Crippen molar-refractivity contribution in [2.24, 2.45) is 0 Å². The van der Waals surface area contributed by atoms with E-state index in [1.54, 1.807) is 35.9 Å². The predicted octanol–water partition coefficient (Wildman–Crippen LogP) is 4.04. The van der Waals surface area contributed by atoms with E-state index < -0.39 is 12.3 Å². The summed E-state index contributed by atoms with van der Waals surface area (Å²) >= 11 is 0. The van der Waals surface area contributed by atoms with Crippen molar-refractivity contribution < 1.29 is 32.0 Å². The first-order chi connectivity index (χ1) is 15.7. The van der Waals surface area contributed by atoms with Gasteiger partial charge in [-0.3, -0.25) is 0 Å². The van der Waals surface area contributed by atoms with Gasteiger partial charge in [0.15, 0.2) is 0 Å².